The Balaban J connectivity index is 1.45. The first kappa shape index (κ1) is 20.5. The minimum absolute atomic E-state index is 0.969. The molecule has 2 rings (SSSR count). The van der Waals surface area contributed by atoms with Crippen LogP contribution in [0.5, 0.6) is 0 Å². The number of guanidine groups is 1. The molecule has 5 heteroatoms. The second-order valence-electron chi connectivity index (χ2n) is 7.92. The molecule has 0 aromatic heterocycles. The van der Waals surface area contributed by atoms with Gasteiger partial charge >= 0.3 is 0 Å². The number of likely N-dealkylation sites (N-methyl/N-ethyl adjacent to an activating group) is 1. The second-order valence-corrected chi connectivity index (χ2v) is 7.92. The largest absolute Gasteiger partial charge is 0.356 e. The highest BCUT2D eigenvalue weighted by atomic mass is 15.2. The molecule has 0 bridgehead atoms. The molecule has 0 atom stereocenters. The van der Waals surface area contributed by atoms with Crippen molar-refractivity contribution in [2.75, 3.05) is 59.9 Å². The molecule has 1 saturated carbocycles. The Morgan fingerprint density at radius 1 is 0.920 bits per heavy atom. The van der Waals surface area contributed by atoms with Crippen molar-refractivity contribution >= 4 is 5.96 Å². The number of hydrogen-bond acceptors (Lipinski definition) is 3. The maximum atomic E-state index is 4.35. The Hall–Kier alpha value is -0.810. The maximum Gasteiger partial charge on any atom is 0.190 e. The van der Waals surface area contributed by atoms with Gasteiger partial charge in [0.2, 0.25) is 0 Å². The fourth-order valence-corrected chi connectivity index (χ4v) is 4.12. The van der Waals surface area contributed by atoms with E-state index in [-0.39, 0.29) is 0 Å². The first-order valence-corrected chi connectivity index (χ1v) is 10.6. The molecular formula is C20H41N5. The lowest BCUT2D eigenvalue weighted by Crippen LogP contribution is -2.39. The molecule has 5 nitrogen and oxygen atoms in total. The van der Waals surface area contributed by atoms with E-state index in [1.54, 1.807) is 0 Å². The molecule has 0 radical (unpaired) electrons. The van der Waals surface area contributed by atoms with Gasteiger partial charge in [-0.25, -0.2) is 0 Å². The minimum Gasteiger partial charge on any atom is -0.356 e. The van der Waals surface area contributed by atoms with Crippen LogP contribution >= 0.6 is 0 Å². The number of hydrogen-bond donors (Lipinski definition) is 2. The molecule has 1 heterocycles. The third-order valence-electron chi connectivity index (χ3n) is 5.79. The highest BCUT2D eigenvalue weighted by Gasteiger charge is 2.14. The Morgan fingerprint density at radius 2 is 1.68 bits per heavy atom. The van der Waals surface area contributed by atoms with E-state index in [2.05, 4.69) is 32.5 Å². The number of unbranched alkanes of at least 4 members (excludes halogenated alkanes) is 1. The molecule has 0 amide bonds. The van der Waals surface area contributed by atoms with Crippen LogP contribution in [-0.4, -0.2) is 75.7 Å². The Kier molecular flexibility index (Phi) is 10.3. The highest BCUT2D eigenvalue weighted by Crippen LogP contribution is 2.28. The van der Waals surface area contributed by atoms with Gasteiger partial charge in [-0.3, -0.25) is 4.99 Å². The molecule has 2 aliphatic rings. The van der Waals surface area contributed by atoms with Crippen LogP contribution in [0, 0.1) is 5.92 Å². The van der Waals surface area contributed by atoms with Gasteiger partial charge in [0, 0.05) is 33.2 Å². The van der Waals surface area contributed by atoms with E-state index in [0.717, 1.165) is 25.0 Å². The van der Waals surface area contributed by atoms with Gasteiger partial charge in [-0.05, 0) is 51.9 Å². The van der Waals surface area contributed by atoms with Crippen molar-refractivity contribution in [3.8, 4) is 0 Å². The molecule has 2 N–H and O–H groups in total. The molecule has 2 fully saturated rings. The van der Waals surface area contributed by atoms with E-state index in [9.17, 15) is 0 Å². The van der Waals surface area contributed by atoms with E-state index < -0.39 is 0 Å². The van der Waals surface area contributed by atoms with E-state index in [4.69, 9.17) is 0 Å². The van der Waals surface area contributed by atoms with E-state index >= 15 is 0 Å². The SMILES string of the molecule is CN=C(NCCCCC1CCCC1)NCCCN1CCCN(C)CC1. The number of aliphatic imine (C=N–C) groups is 1. The highest BCUT2D eigenvalue weighted by molar-refractivity contribution is 5.79. The third kappa shape index (κ3) is 8.91. The first-order valence-electron chi connectivity index (χ1n) is 10.6. The van der Waals surface area contributed by atoms with Gasteiger partial charge in [0.15, 0.2) is 5.96 Å². The summed E-state index contributed by atoms with van der Waals surface area (Å²) < 4.78 is 0. The molecule has 0 spiro atoms. The van der Waals surface area contributed by atoms with Crippen LogP contribution in [0.4, 0.5) is 0 Å². The lowest BCUT2D eigenvalue weighted by Gasteiger charge is -2.20. The quantitative estimate of drug-likeness (QED) is 0.381. The smallest absolute Gasteiger partial charge is 0.190 e. The average Bonchev–Trinajstić information content (AvgIpc) is 3.05. The fraction of sp³-hybridized carbons (Fsp3) is 0.950. The Morgan fingerprint density at radius 3 is 2.44 bits per heavy atom. The molecule has 1 saturated heterocycles. The molecule has 0 unspecified atom stereocenters. The summed E-state index contributed by atoms with van der Waals surface area (Å²) in [6.45, 7) is 8.16. The molecular weight excluding hydrogens is 310 g/mol. The normalized spacial score (nSPS) is 21.4. The van der Waals surface area contributed by atoms with Crippen LogP contribution in [0.15, 0.2) is 4.99 Å². The molecule has 0 aromatic rings. The van der Waals surface area contributed by atoms with E-state index in [1.165, 1.54) is 90.5 Å². The average molecular weight is 352 g/mol. The van der Waals surface area contributed by atoms with Crippen molar-refractivity contribution in [2.45, 2.75) is 57.8 Å². The molecule has 1 aliphatic heterocycles. The predicted molar refractivity (Wildman–Crippen MR) is 108 cm³/mol. The second kappa shape index (κ2) is 12.5. The maximum absolute atomic E-state index is 4.35. The lowest BCUT2D eigenvalue weighted by molar-refractivity contribution is 0.274. The van der Waals surface area contributed by atoms with Gasteiger partial charge in [-0.15, -0.1) is 0 Å². The summed E-state index contributed by atoms with van der Waals surface area (Å²) in [6, 6.07) is 0. The first-order chi connectivity index (χ1) is 12.3. The van der Waals surface area contributed by atoms with Crippen molar-refractivity contribution < 1.29 is 0 Å². The standard InChI is InChI=1S/C20H41N5/c1-21-20(22-12-6-5-11-19-9-3-4-10-19)23-13-7-15-25-16-8-14-24(2)17-18-25/h19H,3-18H2,1-2H3,(H2,21,22,23). The van der Waals surface area contributed by atoms with Crippen LogP contribution in [0.25, 0.3) is 0 Å². The predicted octanol–water partition coefficient (Wildman–Crippen LogP) is 2.54. The van der Waals surface area contributed by atoms with Crippen molar-refractivity contribution in [1.82, 2.24) is 20.4 Å². The van der Waals surface area contributed by atoms with Crippen LogP contribution in [0.3, 0.4) is 0 Å². The monoisotopic (exact) mass is 351 g/mol. The van der Waals surface area contributed by atoms with Gasteiger partial charge in [0.05, 0.1) is 0 Å². The van der Waals surface area contributed by atoms with Crippen molar-refractivity contribution in [3.63, 3.8) is 0 Å². The number of rotatable bonds is 9. The summed E-state index contributed by atoms with van der Waals surface area (Å²) in [4.78, 5) is 9.39. The number of nitrogens with one attached hydrogen (secondary N) is 2. The summed E-state index contributed by atoms with van der Waals surface area (Å²) in [5, 5.41) is 6.93. The summed E-state index contributed by atoms with van der Waals surface area (Å²) in [6.07, 6.45) is 12.4. The van der Waals surface area contributed by atoms with Gasteiger partial charge in [-0.2, -0.15) is 0 Å². The van der Waals surface area contributed by atoms with Gasteiger partial charge < -0.3 is 20.4 Å². The van der Waals surface area contributed by atoms with Gasteiger partial charge in [0.1, 0.15) is 0 Å². The zero-order valence-electron chi connectivity index (χ0n) is 16.7. The summed E-state index contributed by atoms with van der Waals surface area (Å²) >= 11 is 0. The van der Waals surface area contributed by atoms with Crippen LogP contribution < -0.4 is 10.6 Å². The zero-order chi connectivity index (χ0) is 17.7. The van der Waals surface area contributed by atoms with Crippen LogP contribution in [0.2, 0.25) is 0 Å². The van der Waals surface area contributed by atoms with Crippen molar-refractivity contribution in [2.24, 2.45) is 10.9 Å². The topological polar surface area (TPSA) is 42.9 Å². The molecule has 0 aromatic carbocycles. The van der Waals surface area contributed by atoms with Crippen molar-refractivity contribution in [1.29, 1.82) is 0 Å². The Labute approximate surface area is 155 Å². The van der Waals surface area contributed by atoms with E-state index in [0.29, 0.717) is 0 Å². The van der Waals surface area contributed by atoms with Crippen molar-refractivity contribution in [3.05, 3.63) is 0 Å². The summed E-state index contributed by atoms with van der Waals surface area (Å²) in [5.74, 6) is 1.99. The Bertz CT molecular complexity index is 365. The van der Waals surface area contributed by atoms with Gasteiger partial charge in [-0.1, -0.05) is 38.5 Å². The number of nitrogens with zero attached hydrogens (tertiary/aromatic N) is 3. The minimum atomic E-state index is 0.969. The third-order valence-corrected chi connectivity index (χ3v) is 5.79. The van der Waals surface area contributed by atoms with Crippen LogP contribution in [0.1, 0.15) is 57.8 Å². The summed E-state index contributed by atoms with van der Waals surface area (Å²) in [7, 11) is 4.10. The fourth-order valence-electron chi connectivity index (χ4n) is 4.12. The van der Waals surface area contributed by atoms with Crippen LogP contribution in [-0.2, 0) is 0 Å². The zero-order valence-corrected chi connectivity index (χ0v) is 16.7. The molecule has 1 aliphatic carbocycles. The van der Waals surface area contributed by atoms with Gasteiger partial charge in [0.25, 0.3) is 0 Å². The van der Waals surface area contributed by atoms with E-state index in [1.807, 2.05) is 7.05 Å². The lowest BCUT2D eigenvalue weighted by atomic mass is 10.0. The molecule has 146 valence electrons. The molecule has 25 heavy (non-hydrogen) atoms. The summed E-state index contributed by atoms with van der Waals surface area (Å²) in [5.41, 5.74) is 0.